The van der Waals surface area contributed by atoms with E-state index < -0.39 is 0 Å². The standard InChI is InChI=1S/C12H20N4OS/c1-3-14-12(17)11-6-13-4-5-16(11)7-10-8-18-9(2)15-10/h8,11,13H,3-7H2,1-2H3,(H,14,17). The van der Waals surface area contributed by atoms with Crippen LogP contribution in [0.25, 0.3) is 0 Å². The van der Waals surface area contributed by atoms with Crippen molar-refractivity contribution >= 4 is 17.2 Å². The molecule has 0 saturated carbocycles. The van der Waals surface area contributed by atoms with Crippen LogP contribution in [0.3, 0.4) is 0 Å². The fourth-order valence-corrected chi connectivity index (χ4v) is 2.78. The summed E-state index contributed by atoms with van der Waals surface area (Å²) < 4.78 is 0. The van der Waals surface area contributed by atoms with Crippen molar-refractivity contribution in [1.29, 1.82) is 0 Å². The molecule has 2 N–H and O–H groups in total. The average Bonchev–Trinajstić information content (AvgIpc) is 2.76. The molecule has 1 aromatic rings. The number of aryl methyl sites for hydroxylation is 1. The number of hydrogen-bond acceptors (Lipinski definition) is 5. The normalized spacial score (nSPS) is 20.9. The molecule has 0 radical (unpaired) electrons. The number of thiazole rings is 1. The summed E-state index contributed by atoms with van der Waals surface area (Å²) in [6.07, 6.45) is 0. The molecule has 2 heterocycles. The van der Waals surface area contributed by atoms with Crippen molar-refractivity contribution in [2.45, 2.75) is 26.4 Å². The maximum Gasteiger partial charge on any atom is 0.238 e. The first kappa shape index (κ1) is 13.5. The maximum atomic E-state index is 12.0. The molecular weight excluding hydrogens is 248 g/mol. The van der Waals surface area contributed by atoms with Gasteiger partial charge in [0.1, 0.15) is 6.04 Å². The smallest absolute Gasteiger partial charge is 0.238 e. The summed E-state index contributed by atoms with van der Waals surface area (Å²) >= 11 is 1.66. The molecule has 1 saturated heterocycles. The van der Waals surface area contributed by atoms with E-state index in [4.69, 9.17) is 0 Å². The summed E-state index contributed by atoms with van der Waals surface area (Å²) in [4.78, 5) is 18.7. The largest absolute Gasteiger partial charge is 0.355 e. The van der Waals surface area contributed by atoms with E-state index in [1.54, 1.807) is 11.3 Å². The molecule has 100 valence electrons. The molecule has 0 bridgehead atoms. The molecule has 6 heteroatoms. The number of hydrogen-bond donors (Lipinski definition) is 2. The van der Waals surface area contributed by atoms with Crippen molar-refractivity contribution < 1.29 is 4.79 Å². The van der Waals surface area contributed by atoms with E-state index in [0.29, 0.717) is 6.54 Å². The molecule has 1 atom stereocenters. The molecule has 1 aliphatic rings. The Hall–Kier alpha value is -0.980. The highest BCUT2D eigenvalue weighted by Gasteiger charge is 2.28. The lowest BCUT2D eigenvalue weighted by Gasteiger charge is -2.34. The van der Waals surface area contributed by atoms with Crippen LogP contribution in [0.5, 0.6) is 0 Å². The van der Waals surface area contributed by atoms with Crippen LogP contribution in [0, 0.1) is 6.92 Å². The molecule has 1 aliphatic heterocycles. The van der Waals surface area contributed by atoms with Gasteiger partial charge in [-0.2, -0.15) is 0 Å². The number of carbonyl (C=O) groups excluding carboxylic acids is 1. The third-order valence-electron chi connectivity index (χ3n) is 3.04. The zero-order valence-electron chi connectivity index (χ0n) is 10.9. The fourth-order valence-electron chi connectivity index (χ4n) is 2.18. The maximum absolute atomic E-state index is 12.0. The van der Waals surface area contributed by atoms with Crippen LogP contribution in [0.2, 0.25) is 0 Å². The number of nitrogens with one attached hydrogen (secondary N) is 2. The Bertz CT molecular complexity index is 407. The van der Waals surface area contributed by atoms with Gasteiger partial charge in [0, 0.05) is 38.1 Å². The first-order valence-electron chi connectivity index (χ1n) is 6.34. The molecule has 0 aromatic carbocycles. The average molecular weight is 268 g/mol. The van der Waals surface area contributed by atoms with Gasteiger partial charge < -0.3 is 10.6 Å². The highest BCUT2D eigenvalue weighted by molar-refractivity contribution is 7.09. The van der Waals surface area contributed by atoms with Crippen molar-refractivity contribution in [3.05, 3.63) is 16.1 Å². The second-order valence-electron chi connectivity index (χ2n) is 4.44. The minimum absolute atomic E-state index is 0.0827. The van der Waals surface area contributed by atoms with Crippen LogP contribution in [0.1, 0.15) is 17.6 Å². The molecule has 1 aromatic heterocycles. The summed E-state index contributed by atoms with van der Waals surface area (Å²) in [6.45, 7) is 7.93. The Balaban J connectivity index is 2.01. The quantitative estimate of drug-likeness (QED) is 0.828. The summed E-state index contributed by atoms with van der Waals surface area (Å²) in [6, 6.07) is -0.0827. The van der Waals surface area contributed by atoms with Gasteiger partial charge in [-0.1, -0.05) is 0 Å². The summed E-state index contributed by atoms with van der Waals surface area (Å²) in [5.41, 5.74) is 1.06. The van der Waals surface area contributed by atoms with E-state index in [1.165, 1.54) is 0 Å². The van der Waals surface area contributed by atoms with Crippen molar-refractivity contribution in [2.75, 3.05) is 26.2 Å². The Morgan fingerprint density at radius 2 is 2.56 bits per heavy atom. The highest BCUT2D eigenvalue weighted by atomic mass is 32.1. The van der Waals surface area contributed by atoms with Crippen molar-refractivity contribution in [1.82, 2.24) is 20.5 Å². The first-order chi connectivity index (χ1) is 8.70. The van der Waals surface area contributed by atoms with Gasteiger partial charge in [-0.15, -0.1) is 11.3 Å². The van der Waals surface area contributed by atoms with Gasteiger partial charge in [-0.05, 0) is 13.8 Å². The van der Waals surface area contributed by atoms with Gasteiger partial charge in [0.15, 0.2) is 0 Å². The number of likely N-dealkylation sites (N-methyl/N-ethyl adjacent to an activating group) is 1. The Labute approximate surface area is 112 Å². The number of amides is 1. The van der Waals surface area contributed by atoms with Gasteiger partial charge in [0.2, 0.25) is 5.91 Å². The van der Waals surface area contributed by atoms with Crippen LogP contribution in [-0.2, 0) is 11.3 Å². The molecular formula is C12H20N4OS. The number of carbonyl (C=O) groups is 1. The van der Waals surface area contributed by atoms with Crippen LogP contribution in [0.4, 0.5) is 0 Å². The third kappa shape index (κ3) is 3.28. The molecule has 1 amide bonds. The van der Waals surface area contributed by atoms with Gasteiger partial charge in [0.05, 0.1) is 10.7 Å². The zero-order valence-corrected chi connectivity index (χ0v) is 11.7. The Morgan fingerprint density at radius 3 is 3.22 bits per heavy atom. The van der Waals surface area contributed by atoms with Gasteiger partial charge >= 0.3 is 0 Å². The van der Waals surface area contributed by atoms with Gasteiger partial charge in [0.25, 0.3) is 0 Å². The molecule has 0 aliphatic carbocycles. The van der Waals surface area contributed by atoms with E-state index in [2.05, 4.69) is 25.9 Å². The highest BCUT2D eigenvalue weighted by Crippen LogP contribution is 2.13. The second-order valence-corrected chi connectivity index (χ2v) is 5.51. The first-order valence-corrected chi connectivity index (χ1v) is 7.22. The molecule has 1 unspecified atom stereocenters. The second kappa shape index (κ2) is 6.26. The molecule has 5 nitrogen and oxygen atoms in total. The molecule has 1 fully saturated rings. The monoisotopic (exact) mass is 268 g/mol. The van der Waals surface area contributed by atoms with E-state index in [0.717, 1.165) is 36.9 Å². The van der Waals surface area contributed by atoms with Crippen molar-refractivity contribution in [3.8, 4) is 0 Å². The summed E-state index contributed by atoms with van der Waals surface area (Å²) in [5.74, 6) is 0.108. The lowest BCUT2D eigenvalue weighted by Crippen LogP contribution is -2.57. The van der Waals surface area contributed by atoms with E-state index in [9.17, 15) is 4.79 Å². The van der Waals surface area contributed by atoms with Crippen LogP contribution in [-0.4, -0.2) is 48.0 Å². The Kier molecular flexibility index (Phi) is 4.68. The number of piperazine rings is 1. The zero-order chi connectivity index (χ0) is 13.0. The number of aromatic nitrogens is 1. The predicted molar refractivity (Wildman–Crippen MR) is 72.6 cm³/mol. The lowest BCUT2D eigenvalue weighted by atomic mass is 10.1. The van der Waals surface area contributed by atoms with Gasteiger partial charge in [-0.3, -0.25) is 9.69 Å². The Morgan fingerprint density at radius 1 is 1.72 bits per heavy atom. The lowest BCUT2D eigenvalue weighted by molar-refractivity contribution is -0.127. The number of rotatable bonds is 4. The van der Waals surface area contributed by atoms with E-state index in [1.807, 2.05) is 13.8 Å². The third-order valence-corrected chi connectivity index (χ3v) is 3.86. The van der Waals surface area contributed by atoms with Crippen molar-refractivity contribution in [2.24, 2.45) is 0 Å². The van der Waals surface area contributed by atoms with Crippen LogP contribution in [0.15, 0.2) is 5.38 Å². The van der Waals surface area contributed by atoms with Gasteiger partial charge in [-0.25, -0.2) is 4.98 Å². The molecule has 0 spiro atoms. The topological polar surface area (TPSA) is 57.3 Å². The predicted octanol–water partition coefficient (Wildman–Crippen LogP) is 0.361. The minimum Gasteiger partial charge on any atom is -0.355 e. The van der Waals surface area contributed by atoms with E-state index >= 15 is 0 Å². The van der Waals surface area contributed by atoms with Crippen LogP contribution >= 0.6 is 11.3 Å². The SMILES string of the molecule is CCNC(=O)C1CNCCN1Cc1csc(C)n1. The molecule has 18 heavy (non-hydrogen) atoms. The van der Waals surface area contributed by atoms with E-state index in [-0.39, 0.29) is 11.9 Å². The summed E-state index contributed by atoms with van der Waals surface area (Å²) in [7, 11) is 0. The number of nitrogens with zero attached hydrogens (tertiary/aromatic N) is 2. The minimum atomic E-state index is -0.0827. The van der Waals surface area contributed by atoms with Crippen LogP contribution < -0.4 is 10.6 Å². The fraction of sp³-hybridized carbons (Fsp3) is 0.667. The summed E-state index contributed by atoms with van der Waals surface area (Å²) in [5, 5.41) is 9.33. The molecule has 2 rings (SSSR count). The van der Waals surface area contributed by atoms with Crippen molar-refractivity contribution in [3.63, 3.8) is 0 Å².